The third-order valence-electron chi connectivity index (χ3n) is 3.90. The number of halogens is 1. The Hall–Kier alpha value is -2.15. The van der Waals surface area contributed by atoms with E-state index in [0.717, 1.165) is 15.6 Å². The van der Waals surface area contributed by atoms with Crippen molar-refractivity contribution in [1.29, 1.82) is 0 Å². The number of hydrogen-bond acceptors (Lipinski definition) is 3. The van der Waals surface area contributed by atoms with Crippen molar-refractivity contribution in [3.8, 4) is 11.1 Å². The summed E-state index contributed by atoms with van der Waals surface area (Å²) in [5.41, 5.74) is 1.22. The Bertz CT molecular complexity index is 986. The van der Waals surface area contributed by atoms with Gasteiger partial charge in [-0.1, -0.05) is 46.3 Å². The van der Waals surface area contributed by atoms with Crippen molar-refractivity contribution in [3.05, 3.63) is 89.1 Å². The van der Waals surface area contributed by atoms with Gasteiger partial charge in [0.25, 0.3) is 10.0 Å². The molecule has 4 nitrogen and oxygen atoms in total. The minimum absolute atomic E-state index is 0.174. The summed E-state index contributed by atoms with van der Waals surface area (Å²) in [7, 11) is -3.71. The lowest BCUT2D eigenvalue weighted by Crippen LogP contribution is -2.22. The van der Waals surface area contributed by atoms with Gasteiger partial charge in [0.15, 0.2) is 0 Å². The molecular weight excluding hydrogens is 414 g/mol. The Labute approximate surface area is 161 Å². The molecule has 6 heteroatoms. The molecule has 1 aliphatic carbocycles. The van der Waals surface area contributed by atoms with Crippen LogP contribution in [0.1, 0.15) is 6.92 Å². The lowest BCUT2D eigenvalue weighted by molar-refractivity contribution is 0.164. The van der Waals surface area contributed by atoms with Crippen LogP contribution in [0, 0.1) is 0 Å². The second-order valence-corrected chi connectivity index (χ2v) is 8.78. The van der Waals surface area contributed by atoms with Crippen LogP contribution < -0.4 is 4.72 Å². The average molecular weight is 432 g/mol. The highest BCUT2D eigenvalue weighted by molar-refractivity contribution is 9.10. The summed E-state index contributed by atoms with van der Waals surface area (Å²) >= 11 is 3.40. The fraction of sp³-hybridized carbons (Fsp3) is 0.100. The summed E-state index contributed by atoms with van der Waals surface area (Å²) in [6.07, 6.45) is 7.88. The molecule has 0 fully saturated rings. The number of allylic oxidation sites excluding steroid dienone is 3. The van der Waals surface area contributed by atoms with Gasteiger partial charge >= 0.3 is 0 Å². The van der Waals surface area contributed by atoms with Crippen LogP contribution in [-0.2, 0) is 10.0 Å². The van der Waals surface area contributed by atoms with Crippen LogP contribution in [0.4, 0.5) is 0 Å². The Morgan fingerprint density at radius 1 is 0.962 bits per heavy atom. The predicted molar refractivity (Wildman–Crippen MR) is 107 cm³/mol. The highest BCUT2D eigenvalue weighted by Gasteiger charge is 2.17. The van der Waals surface area contributed by atoms with Gasteiger partial charge in [0.1, 0.15) is 0 Å². The molecule has 0 aromatic heterocycles. The minimum atomic E-state index is -3.71. The van der Waals surface area contributed by atoms with E-state index >= 15 is 0 Å². The fourth-order valence-electron chi connectivity index (χ4n) is 2.47. The lowest BCUT2D eigenvalue weighted by Gasteiger charge is -2.12. The van der Waals surface area contributed by atoms with Gasteiger partial charge in [-0.25, -0.2) is 8.42 Å². The van der Waals surface area contributed by atoms with Crippen LogP contribution in [-0.4, -0.2) is 19.1 Å². The number of sulfonamides is 1. The molecule has 2 N–H and O–H groups in total. The molecule has 2 aromatic carbocycles. The van der Waals surface area contributed by atoms with Crippen molar-refractivity contribution in [2.45, 2.75) is 17.4 Å². The van der Waals surface area contributed by atoms with Crippen LogP contribution in [0.2, 0.25) is 0 Å². The van der Waals surface area contributed by atoms with Crippen molar-refractivity contribution in [1.82, 2.24) is 4.72 Å². The monoisotopic (exact) mass is 431 g/mol. The smallest absolute Gasteiger partial charge is 0.261 e. The molecule has 0 saturated carbocycles. The Balaban J connectivity index is 1.81. The fourth-order valence-corrected chi connectivity index (χ4v) is 3.79. The topological polar surface area (TPSA) is 66.4 Å². The van der Waals surface area contributed by atoms with Crippen molar-refractivity contribution in [2.75, 3.05) is 0 Å². The summed E-state index contributed by atoms with van der Waals surface area (Å²) in [6.45, 7) is 1.62. The number of aliphatic hydroxyl groups is 1. The maximum Gasteiger partial charge on any atom is 0.261 e. The summed E-state index contributed by atoms with van der Waals surface area (Å²) in [5.74, 6) is 0. The molecule has 1 unspecified atom stereocenters. The maximum absolute atomic E-state index is 12.6. The van der Waals surface area contributed by atoms with Gasteiger partial charge in [0.2, 0.25) is 0 Å². The summed E-state index contributed by atoms with van der Waals surface area (Å²) < 4.78 is 28.7. The first-order chi connectivity index (χ1) is 12.3. The van der Waals surface area contributed by atoms with E-state index in [1.807, 2.05) is 24.3 Å². The van der Waals surface area contributed by atoms with Gasteiger partial charge < -0.3 is 5.11 Å². The largest absolute Gasteiger partial charge is 0.382 e. The highest BCUT2D eigenvalue weighted by Crippen LogP contribution is 2.23. The number of nitrogens with one attached hydrogen (secondary N) is 1. The molecule has 0 spiro atoms. The molecule has 3 rings (SSSR count). The summed E-state index contributed by atoms with van der Waals surface area (Å²) in [5, 5.41) is 9.96. The molecule has 0 heterocycles. The first kappa shape index (κ1) is 18.6. The quantitative estimate of drug-likeness (QED) is 0.763. The van der Waals surface area contributed by atoms with Crippen molar-refractivity contribution < 1.29 is 13.5 Å². The lowest BCUT2D eigenvalue weighted by atomic mass is 10.1. The van der Waals surface area contributed by atoms with Crippen LogP contribution in [0.25, 0.3) is 11.1 Å². The Morgan fingerprint density at radius 3 is 2.15 bits per heavy atom. The van der Waals surface area contributed by atoms with Gasteiger partial charge in [0, 0.05) is 10.2 Å². The molecule has 1 atom stereocenters. The third-order valence-corrected chi connectivity index (χ3v) is 5.83. The van der Waals surface area contributed by atoms with Crippen LogP contribution >= 0.6 is 15.9 Å². The van der Waals surface area contributed by atoms with Gasteiger partial charge in [-0.2, -0.15) is 0 Å². The second-order valence-electron chi connectivity index (χ2n) is 6.18. The van der Waals surface area contributed by atoms with E-state index in [9.17, 15) is 13.5 Å². The molecule has 0 amide bonds. The first-order valence-corrected chi connectivity index (χ1v) is 10.2. The summed E-state index contributed by atoms with van der Waals surface area (Å²) in [4.78, 5) is 0.174. The average Bonchev–Trinajstić information content (AvgIpc) is 2.76. The highest BCUT2D eigenvalue weighted by atomic mass is 79.9. The third kappa shape index (κ3) is 4.52. The van der Waals surface area contributed by atoms with E-state index < -0.39 is 15.6 Å². The van der Waals surface area contributed by atoms with E-state index in [4.69, 9.17) is 0 Å². The predicted octanol–water partition coefficient (Wildman–Crippen LogP) is 4.16. The molecule has 0 aliphatic heterocycles. The first-order valence-electron chi connectivity index (χ1n) is 7.95. The van der Waals surface area contributed by atoms with Crippen molar-refractivity contribution in [2.24, 2.45) is 0 Å². The minimum Gasteiger partial charge on any atom is -0.382 e. The number of benzene rings is 2. The zero-order chi connectivity index (χ0) is 18.8. The molecule has 1 aliphatic rings. The molecule has 0 saturated heterocycles. The second kappa shape index (κ2) is 7.23. The normalized spacial score (nSPS) is 19.7. The van der Waals surface area contributed by atoms with Gasteiger partial charge in [-0.05, 0) is 66.6 Å². The number of hydrogen-bond donors (Lipinski definition) is 2. The molecule has 0 bridgehead atoms. The van der Waals surface area contributed by atoms with E-state index in [1.165, 1.54) is 6.08 Å². The van der Waals surface area contributed by atoms with E-state index in [1.54, 1.807) is 55.5 Å². The van der Waals surface area contributed by atoms with Crippen molar-refractivity contribution >= 4 is 26.0 Å². The van der Waals surface area contributed by atoms with Crippen molar-refractivity contribution in [3.63, 3.8) is 0 Å². The van der Waals surface area contributed by atoms with E-state index in [2.05, 4.69) is 20.7 Å². The molecule has 26 heavy (non-hydrogen) atoms. The maximum atomic E-state index is 12.6. The van der Waals surface area contributed by atoms with E-state index in [-0.39, 0.29) is 4.90 Å². The van der Waals surface area contributed by atoms with Crippen LogP contribution in [0.15, 0.2) is 94.0 Å². The Morgan fingerprint density at radius 2 is 1.54 bits per heavy atom. The van der Waals surface area contributed by atoms with Crippen LogP contribution in [0.3, 0.4) is 0 Å². The van der Waals surface area contributed by atoms with Gasteiger partial charge in [-0.3, -0.25) is 4.72 Å². The molecule has 134 valence electrons. The summed E-state index contributed by atoms with van der Waals surface area (Å²) in [6, 6.07) is 14.5. The van der Waals surface area contributed by atoms with Gasteiger partial charge in [-0.15, -0.1) is 0 Å². The van der Waals surface area contributed by atoms with Crippen LogP contribution in [0.5, 0.6) is 0 Å². The molecular formula is C20H18BrNO3S. The SMILES string of the molecule is CC1(O)C=CC=C(NS(=O)(=O)c2ccc(-c3ccc(Br)cc3)cc2)C=C1. The molecule has 2 aromatic rings. The number of rotatable bonds is 4. The zero-order valence-electron chi connectivity index (χ0n) is 14.1. The Kier molecular flexibility index (Phi) is 5.18. The molecule has 0 radical (unpaired) electrons. The van der Waals surface area contributed by atoms with Gasteiger partial charge in [0.05, 0.1) is 10.5 Å². The zero-order valence-corrected chi connectivity index (χ0v) is 16.5. The standard InChI is InChI=1S/C20H18BrNO3S/c1-20(23)13-2-3-18(12-14-20)22-26(24,25)19-10-6-16(7-11-19)15-4-8-17(21)9-5-15/h2-14,22-23H,1H3. The van der Waals surface area contributed by atoms with E-state index in [0.29, 0.717) is 5.70 Å².